The Morgan fingerprint density at radius 1 is 1.10 bits per heavy atom. The van der Waals surface area contributed by atoms with Crippen molar-refractivity contribution in [1.29, 1.82) is 0 Å². The van der Waals surface area contributed by atoms with Gasteiger partial charge in [-0.2, -0.15) is 0 Å². The molecule has 0 bridgehead atoms. The van der Waals surface area contributed by atoms with E-state index in [0.29, 0.717) is 17.9 Å². The van der Waals surface area contributed by atoms with Crippen LogP contribution in [0.1, 0.15) is 30.4 Å². The Morgan fingerprint density at radius 3 is 2.40 bits per heavy atom. The van der Waals surface area contributed by atoms with Crippen LogP contribution in [0.2, 0.25) is 0 Å². The molecule has 1 saturated heterocycles. The van der Waals surface area contributed by atoms with Gasteiger partial charge in [0.2, 0.25) is 0 Å². The number of aldehydes is 1. The summed E-state index contributed by atoms with van der Waals surface area (Å²) in [7, 11) is 3.71. The molecule has 0 saturated carbocycles. The van der Waals surface area contributed by atoms with Crippen molar-refractivity contribution in [1.82, 2.24) is 9.80 Å². The van der Waals surface area contributed by atoms with Gasteiger partial charge in [0.15, 0.2) is 0 Å². The van der Waals surface area contributed by atoms with Crippen molar-refractivity contribution < 1.29 is 19.1 Å². The van der Waals surface area contributed by atoms with E-state index in [9.17, 15) is 9.59 Å². The summed E-state index contributed by atoms with van der Waals surface area (Å²) in [6.07, 6.45) is 1.64. The van der Waals surface area contributed by atoms with Crippen LogP contribution in [-0.2, 0) is 9.59 Å². The van der Waals surface area contributed by atoms with Crippen molar-refractivity contribution in [2.75, 3.05) is 40.3 Å². The van der Waals surface area contributed by atoms with Crippen molar-refractivity contribution in [3.8, 4) is 11.5 Å². The van der Waals surface area contributed by atoms with E-state index in [2.05, 4.69) is 16.8 Å². The van der Waals surface area contributed by atoms with Gasteiger partial charge in [-0.15, -0.1) is 0 Å². The van der Waals surface area contributed by atoms with Crippen molar-refractivity contribution in [2.45, 2.75) is 25.3 Å². The molecule has 1 aliphatic heterocycles. The number of carbonyl (C=O) groups is 2. The molecule has 0 aliphatic carbocycles. The molecule has 6 nitrogen and oxygen atoms in total. The first-order valence-corrected chi connectivity index (χ1v) is 10.3. The number of nitrogens with zero attached hydrogens (tertiary/aromatic N) is 2. The van der Waals surface area contributed by atoms with Gasteiger partial charge in [0.1, 0.15) is 17.8 Å². The first-order chi connectivity index (χ1) is 14.5. The number of carbonyl (C=O) groups excluding carboxylic acids is 2. The van der Waals surface area contributed by atoms with Crippen LogP contribution in [-0.4, -0.2) is 68.4 Å². The third kappa shape index (κ3) is 5.46. The fourth-order valence-corrected chi connectivity index (χ4v) is 3.99. The lowest BCUT2D eigenvalue weighted by Crippen LogP contribution is -2.50. The number of methoxy groups -OCH3 is 1. The van der Waals surface area contributed by atoms with Gasteiger partial charge in [0, 0.05) is 44.6 Å². The normalized spacial score (nSPS) is 17.2. The zero-order valence-electron chi connectivity index (χ0n) is 17.9. The minimum absolute atomic E-state index is 0.120. The maximum Gasteiger partial charge on any atom is 0.308 e. The fourth-order valence-electron chi connectivity index (χ4n) is 3.99. The highest BCUT2D eigenvalue weighted by atomic mass is 16.5. The summed E-state index contributed by atoms with van der Waals surface area (Å²) in [5.74, 6) is 0.689. The average molecular weight is 411 g/mol. The van der Waals surface area contributed by atoms with Crippen LogP contribution in [0.25, 0.3) is 0 Å². The molecular formula is C24H30N2O4. The summed E-state index contributed by atoms with van der Waals surface area (Å²) in [6.45, 7) is 4.99. The number of likely N-dealkylation sites (N-methyl/N-ethyl adjacent to an activating group) is 1. The summed E-state index contributed by atoms with van der Waals surface area (Å²) in [6, 6.07) is 15.3. The number of ether oxygens (including phenoxy) is 2. The van der Waals surface area contributed by atoms with E-state index in [1.165, 1.54) is 6.92 Å². The van der Waals surface area contributed by atoms with Crippen LogP contribution < -0.4 is 9.47 Å². The number of esters is 1. The summed E-state index contributed by atoms with van der Waals surface area (Å²) >= 11 is 0. The molecular weight excluding hydrogens is 380 g/mol. The second kappa shape index (κ2) is 10.4. The quantitative estimate of drug-likeness (QED) is 0.379. The van der Waals surface area contributed by atoms with E-state index in [1.807, 2.05) is 36.4 Å². The third-order valence-electron chi connectivity index (χ3n) is 5.69. The lowest BCUT2D eigenvalue weighted by molar-refractivity contribution is -0.132. The molecule has 0 N–H and O–H groups in total. The summed E-state index contributed by atoms with van der Waals surface area (Å²) in [5.41, 5.74) is 1.91. The van der Waals surface area contributed by atoms with Gasteiger partial charge in [0.25, 0.3) is 0 Å². The maximum atomic E-state index is 12.1. The molecule has 0 spiro atoms. The molecule has 0 radical (unpaired) electrons. The molecule has 6 heteroatoms. The molecule has 2 aromatic carbocycles. The van der Waals surface area contributed by atoms with Gasteiger partial charge in [-0.05, 0) is 37.2 Å². The third-order valence-corrected chi connectivity index (χ3v) is 5.69. The SMILES string of the molecule is COc1ccc(OC(C)=O)c(C(CC(C=O)N2CCN(C)CC2)c2ccccc2)c1. The van der Waals surface area contributed by atoms with E-state index in [-0.39, 0.29) is 17.9 Å². The monoisotopic (exact) mass is 410 g/mol. The Labute approximate surface area is 178 Å². The molecule has 160 valence electrons. The number of hydrogen-bond acceptors (Lipinski definition) is 6. The second-order valence-electron chi connectivity index (χ2n) is 7.74. The van der Waals surface area contributed by atoms with E-state index in [1.54, 1.807) is 19.2 Å². The van der Waals surface area contributed by atoms with Crippen molar-refractivity contribution in [3.05, 3.63) is 59.7 Å². The molecule has 1 fully saturated rings. The Bertz CT molecular complexity index is 848. The second-order valence-corrected chi connectivity index (χ2v) is 7.74. The molecule has 1 heterocycles. The highest BCUT2D eigenvalue weighted by Gasteiger charge is 2.28. The first kappa shape index (κ1) is 22.0. The number of piperazine rings is 1. The number of hydrogen-bond donors (Lipinski definition) is 0. The molecule has 1 aliphatic rings. The van der Waals surface area contributed by atoms with E-state index in [4.69, 9.17) is 9.47 Å². The minimum Gasteiger partial charge on any atom is -0.497 e. The maximum absolute atomic E-state index is 12.1. The minimum atomic E-state index is -0.376. The van der Waals surface area contributed by atoms with Crippen LogP contribution in [0.15, 0.2) is 48.5 Å². The van der Waals surface area contributed by atoms with E-state index in [0.717, 1.165) is 43.6 Å². The molecule has 2 aromatic rings. The Morgan fingerprint density at radius 2 is 1.80 bits per heavy atom. The van der Waals surface area contributed by atoms with Gasteiger partial charge >= 0.3 is 5.97 Å². The molecule has 2 atom stereocenters. The summed E-state index contributed by atoms with van der Waals surface area (Å²) < 4.78 is 11.0. The standard InChI is InChI=1S/C24H30N2O4/c1-18(28)30-24-10-9-21(29-3)16-23(24)22(19-7-5-4-6-8-19)15-20(17-27)26-13-11-25(2)12-14-26/h4-10,16-17,20,22H,11-15H2,1-3H3. The van der Waals surface area contributed by atoms with Crippen LogP contribution in [0.3, 0.4) is 0 Å². The largest absolute Gasteiger partial charge is 0.497 e. The molecule has 30 heavy (non-hydrogen) atoms. The fraction of sp³-hybridized carbons (Fsp3) is 0.417. The lowest BCUT2D eigenvalue weighted by atomic mass is 9.85. The van der Waals surface area contributed by atoms with Crippen LogP contribution in [0, 0.1) is 0 Å². The van der Waals surface area contributed by atoms with Gasteiger partial charge < -0.3 is 19.2 Å². The Balaban J connectivity index is 1.99. The van der Waals surface area contributed by atoms with Gasteiger partial charge in [-0.1, -0.05) is 30.3 Å². The predicted octanol–water partition coefficient (Wildman–Crippen LogP) is 2.96. The molecule has 3 rings (SSSR count). The van der Waals surface area contributed by atoms with Crippen molar-refractivity contribution in [3.63, 3.8) is 0 Å². The Hall–Kier alpha value is -2.70. The smallest absolute Gasteiger partial charge is 0.308 e. The molecule has 0 aromatic heterocycles. The zero-order chi connectivity index (χ0) is 21.5. The lowest BCUT2D eigenvalue weighted by Gasteiger charge is -2.37. The van der Waals surface area contributed by atoms with E-state index >= 15 is 0 Å². The number of benzene rings is 2. The Kier molecular flexibility index (Phi) is 7.60. The van der Waals surface area contributed by atoms with Gasteiger partial charge in [-0.25, -0.2) is 0 Å². The summed E-state index contributed by atoms with van der Waals surface area (Å²) in [5, 5.41) is 0. The predicted molar refractivity (Wildman–Crippen MR) is 116 cm³/mol. The van der Waals surface area contributed by atoms with Crippen LogP contribution in [0.4, 0.5) is 0 Å². The first-order valence-electron chi connectivity index (χ1n) is 10.3. The highest BCUT2D eigenvalue weighted by Crippen LogP contribution is 2.38. The van der Waals surface area contributed by atoms with E-state index < -0.39 is 0 Å². The highest BCUT2D eigenvalue weighted by molar-refractivity contribution is 5.70. The summed E-state index contributed by atoms with van der Waals surface area (Å²) in [4.78, 5) is 28.3. The van der Waals surface area contributed by atoms with Crippen LogP contribution >= 0.6 is 0 Å². The topological polar surface area (TPSA) is 59.1 Å². The van der Waals surface area contributed by atoms with Gasteiger partial charge in [-0.3, -0.25) is 9.69 Å². The van der Waals surface area contributed by atoms with Crippen molar-refractivity contribution >= 4 is 12.3 Å². The number of rotatable bonds is 8. The average Bonchev–Trinajstić information content (AvgIpc) is 2.76. The van der Waals surface area contributed by atoms with Crippen LogP contribution in [0.5, 0.6) is 11.5 Å². The zero-order valence-corrected chi connectivity index (χ0v) is 17.9. The van der Waals surface area contributed by atoms with Crippen molar-refractivity contribution in [2.24, 2.45) is 0 Å². The molecule has 0 amide bonds. The molecule has 2 unspecified atom stereocenters. The van der Waals surface area contributed by atoms with Gasteiger partial charge in [0.05, 0.1) is 13.2 Å².